The van der Waals surface area contributed by atoms with Crippen LogP contribution in [0.5, 0.6) is 11.5 Å². The molecule has 1 aliphatic carbocycles. The molecule has 3 aliphatic rings. The number of likely N-dealkylation sites (tertiary alicyclic amines) is 1. The zero-order valence-corrected chi connectivity index (χ0v) is 12.7. The molecule has 2 aliphatic heterocycles. The number of hydrogen-bond acceptors (Lipinski definition) is 4. The molecule has 5 nitrogen and oxygen atoms in total. The molecule has 0 bridgehead atoms. The van der Waals surface area contributed by atoms with Crippen molar-refractivity contribution in [3.63, 3.8) is 0 Å². The van der Waals surface area contributed by atoms with Gasteiger partial charge in [0, 0.05) is 37.2 Å². The molecule has 0 spiro atoms. The lowest BCUT2D eigenvalue weighted by Gasteiger charge is -2.32. The fourth-order valence-corrected chi connectivity index (χ4v) is 3.28. The summed E-state index contributed by atoms with van der Waals surface area (Å²) in [5.74, 6) is 2.43. The minimum absolute atomic E-state index is 0.314. The van der Waals surface area contributed by atoms with Gasteiger partial charge in [-0.05, 0) is 31.7 Å². The Kier molecular flexibility index (Phi) is 3.66. The fourth-order valence-electron chi connectivity index (χ4n) is 3.28. The lowest BCUT2D eigenvalue weighted by Crippen LogP contribution is -2.45. The van der Waals surface area contributed by atoms with E-state index in [4.69, 9.17) is 9.47 Å². The van der Waals surface area contributed by atoms with Crippen molar-refractivity contribution in [1.29, 1.82) is 0 Å². The Morgan fingerprint density at radius 2 is 2.00 bits per heavy atom. The first-order valence-corrected chi connectivity index (χ1v) is 8.21. The van der Waals surface area contributed by atoms with E-state index in [2.05, 4.69) is 11.4 Å². The van der Waals surface area contributed by atoms with Crippen LogP contribution in [0, 0.1) is 5.92 Å². The zero-order chi connectivity index (χ0) is 14.9. The molecule has 0 atom stereocenters. The molecule has 0 unspecified atom stereocenters. The maximum Gasteiger partial charge on any atom is 0.231 e. The van der Waals surface area contributed by atoms with E-state index in [1.807, 2.05) is 17.0 Å². The Labute approximate surface area is 130 Å². The zero-order valence-electron chi connectivity index (χ0n) is 12.7. The molecule has 2 heterocycles. The number of amides is 1. The van der Waals surface area contributed by atoms with E-state index in [1.54, 1.807) is 0 Å². The number of nitrogens with zero attached hydrogens (tertiary/aromatic N) is 1. The number of hydrogen-bond donors (Lipinski definition) is 1. The molecular weight excluding hydrogens is 280 g/mol. The van der Waals surface area contributed by atoms with E-state index in [9.17, 15) is 4.79 Å². The van der Waals surface area contributed by atoms with Gasteiger partial charge in [-0.15, -0.1) is 0 Å². The monoisotopic (exact) mass is 302 g/mol. The van der Waals surface area contributed by atoms with Crippen molar-refractivity contribution in [2.75, 3.05) is 19.9 Å². The maximum atomic E-state index is 12.0. The first kappa shape index (κ1) is 13.9. The van der Waals surface area contributed by atoms with Crippen LogP contribution in [-0.4, -0.2) is 36.7 Å². The molecule has 1 N–H and O–H groups in total. The molecule has 0 aromatic heterocycles. The van der Waals surface area contributed by atoms with Crippen molar-refractivity contribution in [2.24, 2.45) is 5.92 Å². The Hall–Kier alpha value is -1.75. The van der Waals surface area contributed by atoms with E-state index in [0.717, 1.165) is 62.4 Å². The third-order valence-electron chi connectivity index (χ3n) is 4.79. The molecule has 1 aromatic carbocycles. The first-order valence-electron chi connectivity index (χ1n) is 8.21. The standard InChI is InChI=1S/C17H22N2O3/c20-17(12-4-5-12)19-8-6-14(7-9-19)18-10-13-2-1-3-15-16(13)22-11-21-15/h1-3,12,14,18H,4-11H2. The minimum atomic E-state index is 0.314. The number of carbonyl (C=O) groups is 1. The largest absolute Gasteiger partial charge is 0.454 e. The number of rotatable bonds is 4. The summed E-state index contributed by atoms with van der Waals surface area (Å²) in [7, 11) is 0. The molecule has 4 rings (SSSR count). The van der Waals surface area contributed by atoms with Crippen molar-refractivity contribution in [3.8, 4) is 11.5 Å². The third kappa shape index (κ3) is 2.77. The number of fused-ring (bicyclic) bond motifs is 1. The van der Waals surface area contributed by atoms with Gasteiger partial charge in [0.1, 0.15) is 0 Å². The molecule has 118 valence electrons. The van der Waals surface area contributed by atoms with Gasteiger partial charge in [0.2, 0.25) is 12.7 Å². The van der Waals surface area contributed by atoms with Gasteiger partial charge in [0.15, 0.2) is 11.5 Å². The number of ether oxygens (including phenoxy) is 2. The van der Waals surface area contributed by atoms with Crippen LogP contribution < -0.4 is 14.8 Å². The van der Waals surface area contributed by atoms with E-state index < -0.39 is 0 Å². The molecule has 1 saturated heterocycles. The molecule has 1 amide bonds. The second-order valence-electron chi connectivity index (χ2n) is 6.41. The highest BCUT2D eigenvalue weighted by molar-refractivity contribution is 5.81. The summed E-state index contributed by atoms with van der Waals surface area (Å²) in [5, 5.41) is 3.60. The number of para-hydroxylation sites is 1. The number of benzene rings is 1. The van der Waals surface area contributed by atoms with Gasteiger partial charge in [-0.25, -0.2) is 0 Å². The summed E-state index contributed by atoms with van der Waals surface area (Å²) < 4.78 is 10.9. The Bertz CT molecular complexity index is 563. The van der Waals surface area contributed by atoms with Crippen molar-refractivity contribution in [2.45, 2.75) is 38.3 Å². The number of piperidine rings is 1. The van der Waals surface area contributed by atoms with Crippen LogP contribution in [0.25, 0.3) is 0 Å². The summed E-state index contributed by atoms with van der Waals surface area (Å²) in [6.45, 7) is 2.88. The van der Waals surface area contributed by atoms with Gasteiger partial charge in [-0.3, -0.25) is 4.79 Å². The van der Waals surface area contributed by atoms with Gasteiger partial charge in [0.05, 0.1) is 0 Å². The summed E-state index contributed by atoms with van der Waals surface area (Å²) in [6, 6.07) is 6.49. The summed E-state index contributed by atoms with van der Waals surface area (Å²) in [4.78, 5) is 14.1. The van der Waals surface area contributed by atoms with Crippen molar-refractivity contribution in [3.05, 3.63) is 23.8 Å². The minimum Gasteiger partial charge on any atom is -0.454 e. The first-order chi connectivity index (χ1) is 10.8. The smallest absolute Gasteiger partial charge is 0.231 e. The van der Waals surface area contributed by atoms with Gasteiger partial charge in [-0.1, -0.05) is 12.1 Å². The molecule has 22 heavy (non-hydrogen) atoms. The normalized spacial score (nSPS) is 21.2. The lowest BCUT2D eigenvalue weighted by atomic mass is 10.0. The SMILES string of the molecule is O=C(C1CC1)N1CCC(NCc2cccc3c2OCO3)CC1. The fraction of sp³-hybridized carbons (Fsp3) is 0.588. The maximum absolute atomic E-state index is 12.0. The van der Waals surface area contributed by atoms with Crippen molar-refractivity contribution >= 4 is 5.91 Å². The topological polar surface area (TPSA) is 50.8 Å². The van der Waals surface area contributed by atoms with Crippen molar-refractivity contribution in [1.82, 2.24) is 10.2 Å². The average molecular weight is 302 g/mol. The number of nitrogens with one attached hydrogen (secondary N) is 1. The molecule has 5 heteroatoms. The van der Waals surface area contributed by atoms with Gasteiger partial charge >= 0.3 is 0 Å². The Morgan fingerprint density at radius 1 is 1.18 bits per heavy atom. The highest BCUT2D eigenvalue weighted by atomic mass is 16.7. The Balaban J connectivity index is 1.29. The van der Waals surface area contributed by atoms with Gasteiger partial charge in [0.25, 0.3) is 0 Å². The van der Waals surface area contributed by atoms with Crippen LogP contribution in [-0.2, 0) is 11.3 Å². The van der Waals surface area contributed by atoms with Crippen LogP contribution in [0.2, 0.25) is 0 Å². The molecule has 1 aromatic rings. The predicted molar refractivity (Wildman–Crippen MR) is 81.7 cm³/mol. The van der Waals surface area contributed by atoms with Crippen molar-refractivity contribution < 1.29 is 14.3 Å². The van der Waals surface area contributed by atoms with Gasteiger partial charge in [-0.2, -0.15) is 0 Å². The summed E-state index contributed by atoms with van der Waals surface area (Å²) in [5.41, 5.74) is 1.14. The van der Waals surface area contributed by atoms with E-state index in [-0.39, 0.29) is 0 Å². The quantitative estimate of drug-likeness (QED) is 0.923. The van der Waals surface area contributed by atoms with Gasteiger partial charge < -0.3 is 19.7 Å². The van der Waals surface area contributed by atoms with E-state index in [1.165, 1.54) is 0 Å². The lowest BCUT2D eigenvalue weighted by molar-refractivity contribution is -0.133. The molecule has 1 saturated carbocycles. The van der Waals surface area contributed by atoms with E-state index >= 15 is 0 Å². The van der Waals surface area contributed by atoms with E-state index in [0.29, 0.717) is 24.7 Å². The van der Waals surface area contributed by atoms with Crippen LogP contribution in [0.1, 0.15) is 31.2 Å². The van der Waals surface area contributed by atoms with Crippen LogP contribution in [0.3, 0.4) is 0 Å². The summed E-state index contributed by atoms with van der Waals surface area (Å²) in [6.07, 6.45) is 4.26. The van der Waals surface area contributed by atoms with Crippen LogP contribution in [0.4, 0.5) is 0 Å². The second-order valence-corrected chi connectivity index (χ2v) is 6.41. The highest BCUT2D eigenvalue weighted by Gasteiger charge is 2.34. The predicted octanol–water partition coefficient (Wildman–Crippen LogP) is 1.91. The molecular formula is C17H22N2O3. The second kappa shape index (κ2) is 5.80. The summed E-state index contributed by atoms with van der Waals surface area (Å²) >= 11 is 0. The third-order valence-corrected chi connectivity index (χ3v) is 4.79. The van der Waals surface area contributed by atoms with Crippen LogP contribution in [0.15, 0.2) is 18.2 Å². The molecule has 0 radical (unpaired) electrons. The molecule has 2 fully saturated rings. The highest BCUT2D eigenvalue weighted by Crippen LogP contribution is 2.35. The average Bonchev–Trinajstić information content (AvgIpc) is 3.30. The van der Waals surface area contributed by atoms with Crippen LogP contribution >= 0.6 is 0 Å². The Morgan fingerprint density at radius 3 is 2.77 bits per heavy atom. The number of carbonyl (C=O) groups excluding carboxylic acids is 1.